The van der Waals surface area contributed by atoms with E-state index in [-0.39, 0.29) is 5.54 Å². The molecule has 2 nitrogen and oxygen atoms in total. The van der Waals surface area contributed by atoms with Gasteiger partial charge in [-0.1, -0.05) is 19.9 Å². The van der Waals surface area contributed by atoms with Crippen molar-refractivity contribution in [2.24, 2.45) is 0 Å². The van der Waals surface area contributed by atoms with Crippen molar-refractivity contribution in [2.45, 2.75) is 65.5 Å². The highest BCUT2D eigenvalue weighted by atomic mass is 15.2. The predicted molar refractivity (Wildman–Crippen MR) is 88.7 cm³/mol. The van der Waals surface area contributed by atoms with E-state index < -0.39 is 0 Å². The summed E-state index contributed by atoms with van der Waals surface area (Å²) < 4.78 is 0. The number of anilines is 1. The molecule has 20 heavy (non-hydrogen) atoms. The van der Waals surface area contributed by atoms with Crippen LogP contribution in [-0.2, 0) is 6.54 Å². The van der Waals surface area contributed by atoms with Gasteiger partial charge in [-0.15, -0.1) is 0 Å². The third kappa shape index (κ3) is 2.85. The highest BCUT2D eigenvalue weighted by Crippen LogP contribution is 2.43. The van der Waals surface area contributed by atoms with Crippen LogP contribution in [0.15, 0.2) is 12.1 Å². The second kappa shape index (κ2) is 5.77. The molecule has 112 valence electrons. The summed E-state index contributed by atoms with van der Waals surface area (Å²) in [7, 11) is 2.24. The SMILES string of the molecule is CCCNCc1cc2c(cc1C)N(C)C(C)(C)C[C@H]2C. The van der Waals surface area contributed by atoms with Gasteiger partial charge in [-0.2, -0.15) is 0 Å². The molecule has 0 saturated heterocycles. The minimum Gasteiger partial charge on any atom is -0.369 e. The first kappa shape index (κ1) is 15.4. The zero-order chi connectivity index (χ0) is 14.9. The molecular weight excluding hydrogens is 244 g/mol. The van der Waals surface area contributed by atoms with Crippen LogP contribution in [0.2, 0.25) is 0 Å². The highest BCUT2D eigenvalue weighted by Gasteiger charge is 2.34. The molecule has 2 heteroatoms. The Balaban J connectivity index is 2.33. The summed E-state index contributed by atoms with van der Waals surface area (Å²) in [6, 6.07) is 4.82. The van der Waals surface area contributed by atoms with Crippen molar-refractivity contribution >= 4 is 5.69 Å². The number of hydrogen-bond acceptors (Lipinski definition) is 2. The molecular formula is C18H30N2. The van der Waals surface area contributed by atoms with Crippen LogP contribution in [0.1, 0.15) is 63.1 Å². The maximum atomic E-state index is 3.53. The molecule has 1 atom stereocenters. The summed E-state index contributed by atoms with van der Waals surface area (Å²) in [5.74, 6) is 0.640. The second-order valence-corrected chi connectivity index (χ2v) is 6.99. The molecule has 0 radical (unpaired) electrons. The standard InChI is InChI=1S/C18H30N2/c1-7-8-19-12-15-10-16-14(3)11-18(4,5)20(6)17(16)9-13(15)2/h9-10,14,19H,7-8,11-12H2,1-6H3/t14-/m1/s1. The van der Waals surface area contributed by atoms with Gasteiger partial charge in [0.15, 0.2) is 0 Å². The lowest BCUT2D eigenvalue weighted by Gasteiger charge is -2.45. The van der Waals surface area contributed by atoms with Crippen LogP contribution in [0.5, 0.6) is 0 Å². The average Bonchev–Trinajstić information content (AvgIpc) is 2.37. The van der Waals surface area contributed by atoms with Crippen LogP contribution >= 0.6 is 0 Å². The fraction of sp³-hybridized carbons (Fsp3) is 0.667. The van der Waals surface area contributed by atoms with E-state index in [9.17, 15) is 0 Å². The molecule has 0 unspecified atom stereocenters. The van der Waals surface area contributed by atoms with Gasteiger partial charge in [-0.3, -0.25) is 0 Å². The zero-order valence-electron chi connectivity index (χ0n) is 14.0. The topological polar surface area (TPSA) is 15.3 Å². The maximum absolute atomic E-state index is 3.53. The number of aryl methyl sites for hydroxylation is 1. The number of nitrogens with zero attached hydrogens (tertiary/aromatic N) is 1. The molecule has 0 spiro atoms. The molecule has 1 aliphatic heterocycles. The van der Waals surface area contributed by atoms with Crippen molar-refractivity contribution in [3.8, 4) is 0 Å². The van der Waals surface area contributed by atoms with Gasteiger partial charge in [-0.05, 0) is 68.8 Å². The minimum atomic E-state index is 0.251. The summed E-state index contributed by atoms with van der Waals surface area (Å²) in [5, 5.41) is 3.53. The molecule has 1 aromatic carbocycles. The van der Waals surface area contributed by atoms with Crippen LogP contribution in [-0.4, -0.2) is 19.1 Å². The summed E-state index contributed by atoms with van der Waals surface area (Å²) in [4.78, 5) is 2.46. The molecule has 1 heterocycles. The molecule has 0 bridgehead atoms. The average molecular weight is 274 g/mol. The van der Waals surface area contributed by atoms with Crippen molar-refractivity contribution in [1.82, 2.24) is 5.32 Å². The lowest BCUT2D eigenvalue weighted by Crippen LogP contribution is -2.45. The van der Waals surface area contributed by atoms with E-state index in [1.165, 1.54) is 35.2 Å². The first-order valence-corrected chi connectivity index (χ1v) is 7.94. The number of fused-ring (bicyclic) bond motifs is 1. The Hall–Kier alpha value is -1.02. The van der Waals surface area contributed by atoms with Gasteiger partial charge in [0.2, 0.25) is 0 Å². The molecule has 0 fully saturated rings. The van der Waals surface area contributed by atoms with Gasteiger partial charge in [0.25, 0.3) is 0 Å². The quantitative estimate of drug-likeness (QED) is 0.827. The van der Waals surface area contributed by atoms with Crippen molar-refractivity contribution in [3.63, 3.8) is 0 Å². The van der Waals surface area contributed by atoms with E-state index in [4.69, 9.17) is 0 Å². The summed E-state index contributed by atoms with van der Waals surface area (Å²) in [6.07, 6.45) is 2.42. The third-order valence-electron chi connectivity index (χ3n) is 4.83. The van der Waals surface area contributed by atoms with Crippen molar-refractivity contribution < 1.29 is 0 Å². The van der Waals surface area contributed by atoms with Crippen molar-refractivity contribution in [2.75, 3.05) is 18.5 Å². The Morgan fingerprint density at radius 1 is 1.35 bits per heavy atom. The van der Waals surface area contributed by atoms with Gasteiger partial charge in [-0.25, -0.2) is 0 Å². The smallest absolute Gasteiger partial charge is 0.0406 e. The van der Waals surface area contributed by atoms with Crippen LogP contribution in [0.25, 0.3) is 0 Å². The first-order chi connectivity index (χ1) is 9.36. The Kier molecular flexibility index (Phi) is 4.43. The molecule has 0 aromatic heterocycles. The van der Waals surface area contributed by atoms with Gasteiger partial charge >= 0.3 is 0 Å². The Labute approximate surface area is 124 Å². The first-order valence-electron chi connectivity index (χ1n) is 7.94. The van der Waals surface area contributed by atoms with Crippen molar-refractivity contribution in [3.05, 3.63) is 28.8 Å². The predicted octanol–water partition coefficient (Wildman–Crippen LogP) is 4.22. The van der Waals surface area contributed by atoms with Crippen LogP contribution in [0.4, 0.5) is 5.69 Å². The van der Waals surface area contributed by atoms with Gasteiger partial charge in [0.1, 0.15) is 0 Å². The molecule has 0 amide bonds. The third-order valence-corrected chi connectivity index (χ3v) is 4.83. The minimum absolute atomic E-state index is 0.251. The lowest BCUT2D eigenvalue weighted by atomic mass is 9.79. The Morgan fingerprint density at radius 3 is 2.70 bits per heavy atom. The van der Waals surface area contributed by atoms with E-state index in [0.29, 0.717) is 5.92 Å². The van der Waals surface area contributed by atoms with E-state index >= 15 is 0 Å². The number of hydrogen-bond donors (Lipinski definition) is 1. The molecule has 2 rings (SSSR count). The van der Waals surface area contributed by atoms with E-state index in [2.05, 4.69) is 64.0 Å². The number of nitrogens with one attached hydrogen (secondary N) is 1. The summed E-state index contributed by atoms with van der Waals surface area (Å²) >= 11 is 0. The van der Waals surface area contributed by atoms with E-state index in [1.54, 1.807) is 0 Å². The maximum Gasteiger partial charge on any atom is 0.0406 e. The normalized spacial score (nSPS) is 20.9. The van der Waals surface area contributed by atoms with Crippen molar-refractivity contribution in [1.29, 1.82) is 0 Å². The Morgan fingerprint density at radius 2 is 2.05 bits per heavy atom. The summed E-state index contributed by atoms with van der Waals surface area (Å²) in [5.41, 5.74) is 6.05. The molecule has 1 aromatic rings. The summed E-state index contributed by atoms with van der Waals surface area (Å²) in [6.45, 7) is 13.6. The monoisotopic (exact) mass is 274 g/mol. The number of rotatable bonds is 4. The molecule has 1 aliphatic rings. The van der Waals surface area contributed by atoms with Gasteiger partial charge < -0.3 is 10.2 Å². The highest BCUT2D eigenvalue weighted by molar-refractivity contribution is 5.62. The fourth-order valence-corrected chi connectivity index (χ4v) is 3.35. The number of benzene rings is 1. The van der Waals surface area contributed by atoms with Crippen LogP contribution in [0, 0.1) is 6.92 Å². The van der Waals surface area contributed by atoms with E-state index in [1.807, 2.05) is 0 Å². The second-order valence-electron chi connectivity index (χ2n) is 6.99. The molecule has 0 aliphatic carbocycles. The zero-order valence-corrected chi connectivity index (χ0v) is 14.0. The molecule has 0 saturated carbocycles. The fourth-order valence-electron chi connectivity index (χ4n) is 3.35. The lowest BCUT2D eigenvalue weighted by molar-refractivity contribution is 0.395. The van der Waals surface area contributed by atoms with Gasteiger partial charge in [0.05, 0.1) is 0 Å². The largest absolute Gasteiger partial charge is 0.369 e. The van der Waals surface area contributed by atoms with E-state index in [0.717, 1.165) is 13.1 Å². The molecule has 1 N–H and O–H groups in total. The Bertz CT molecular complexity index is 477. The van der Waals surface area contributed by atoms with Crippen LogP contribution in [0.3, 0.4) is 0 Å². The van der Waals surface area contributed by atoms with Crippen LogP contribution < -0.4 is 10.2 Å². The van der Waals surface area contributed by atoms with Gasteiger partial charge in [0, 0.05) is 24.8 Å².